The van der Waals surface area contributed by atoms with Crippen molar-refractivity contribution in [1.29, 1.82) is 0 Å². The van der Waals surface area contributed by atoms with Gasteiger partial charge in [-0.2, -0.15) is 13.2 Å². The van der Waals surface area contributed by atoms with Crippen LogP contribution in [0, 0.1) is 5.82 Å². The second-order valence-corrected chi connectivity index (χ2v) is 7.07. The molecule has 4 heterocycles. The van der Waals surface area contributed by atoms with Crippen LogP contribution in [0.15, 0.2) is 36.9 Å². The lowest BCUT2D eigenvalue weighted by Gasteiger charge is -2.23. The van der Waals surface area contributed by atoms with Crippen LogP contribution in [-0.2, 0) is 6.18 Å². The highest BCUT2D eigenvalue weighted by molar-refractivity contribution is 5.96. The first-order chi connectivity index (χ1) is 16.4. The van der Waals surface area contributed by atoms with Crippen molar-refractivity contribution in [3.05, 3.63) is 59.6 Å². The summed E-state index contributed by atoms with van der Waals surface area (Å²) in [5.74, 6) is -2.88. The third-order valence-corrected chi connectivity index (χ3v) is 5.17. The lowest BCUT2D eigenvalue weighted by Crippen LogP contribution is -2.32. The number of carbonyl (C=O) groups excluding carboxylic acids is 1. The minimum atomic E-state index is -4.98. The summed E-state index contributed by atoms with van der Waals surface area (Å²) in [7, 11) is 0. The van der Waals surface area contributed by atoms with E-state index in [2.05, 4.69) is 15.0 Å². The van der Waals surface area contributed by atoms with E-state index in [1.165, 1.54) is 29.2 Å². The molecule has 0 saturated heterocycles. The monoisotopic (exact) mass is 449 g/mol. The zero-order valence-corrected chi connectivity index (χ0v) is 15.9. The molecule has 1 aliphatic rings. The summed E-state index contributed by atoms with van der Waals surface area (Å²) in [5, 5.41) is 0. The first-order valence-electron chi connectivity index (χ1n) is 10.6. The number of carbonyl (C=O) groups is 1. The minimum absolute atomic E-state index is 0.167. The van der Waals surface area contributed by atoms with Crippen LogP contribution in [0.5, 0.6) is 5.75 Å². The van der Waals surface area contributed by atoms with Crippen LogP contribution in [0.3, 0.4) is 0 Å². The number of likely N-dealkylation sites (N-methyl/N-ethyl adjacent to an activating group) is 1. The van der Waals surface area contributed by atoms with E-state index in [1.54, 1.807) is 0 Å². The maximum atomic E-state index is 14.3. The number of amides is 1. The second kappa shape index (κ2) is 6.77. The van der Waals surface area contributed by atoms with Gasteiger partial charge in [-0.3, -0.25) is 9.20 Å². The van der Waals surface area contributed by atoms with Gasteiger partial charge >= 0.3 is 6.18 Å². The predicted molar refractivity (Wildman–Crippen MR) is 104 cm³/mol. The molecule has 4 aromatic rings. The average molecular weight is 449 g/mol. The van der Waals surface area contributed by atoms with Crippen LogP contribution >= 0.6 is 0 Å². The number of nitrogens with zero attached hydrogens (tertiary/aromatic N) is 5. The summed E-state index contributed by atoms with van der Waals surface area (Å²) in [4.78, 5) is 26.0. The molecule has 164 valence electrons. The molecule has 0 aliphatic carbocycles. The molecule has 0 spiro atoms. The van der Waals surface area contributed by atoms with Crippen LogP contribution in [0.25, 0.3) is 16.6 Å². The van der Waals surface area contributed by atoms with E-state index in [0.717, 1.165) is 0 Å². The number of rotatable bonds is 2. The fourth-order valence-electron chi connectivity index (χ4n) is 3.61. The van der Waals surface area contributed by atoms with Gasteiger partial charge in [0.15, 0.2) is 0 Å². The fourth-order valence-corrected chi connectivity index (χ4v) is 3.61. The molecule has 3 aromatic heterocycles. The molecule has 1 aromatic carbocycles. The molecule has 0 radical (unpaired) electrons. The first-order valence-corrected chi connectivity index (χ1v) is 9.10. The van der Waals surface area contributed by atoms with Gasteiger partial charge in [-0.05, 0) is 18.2 Å². The van der Waals surface area contributed by atoms with Crippen LogP contribution in [0.4, 0.5) is 23.4 Å². The number of imidazole rings is 1. The van der Waals surface area contributed by atoms with Crippen molar-refractivity contribution in [1.82, 2.24) is 24.3 Å². The molecule has 2 N–H and O–H groups in total. The fraction of sp³-hybridized carbons (Fsp3) is 0.200. The molecule has 12 heteroatoms. The van der Waals surface area contributed by atoms with Crippen LogP contribution in [0.2, 0.25) is 0 Å². The second-order valence-electron chi connectivity index (χ2n) is 7.07. The Bertz CT molecular complexity index is 1500. The van der Waals surface area contributed by atoms with E-state index in [4.69, 9.17) is 14.6 Å². The normalized spacial score (nSPS) is 17.5. The van der Waals surface area contributed by atoms with Gasteiger partial charge in [0.25, 0.3) is 5.91 Å². The quantitative estimate of drug-likeness (QED) is 0.472. The number of halogens is 4. The van der Waals surface area contributed by atoms with Gasteiger partial charge in [0, 0.05) is 16.7 Å². The molecule has 0 bridgehead atoms. The molecular weight excluding hydrogens is 432 g/mol. The summed E-state index contributed by atoms with van der Waals surface area (Å²) in [6.07, 6.45) is -0.877. The van der Waals surface area contributed by atoms with Crippen molar-refractivity contribution in [2.45, 2.75) is 12.2 Å². The van der Waals surface area contributed by atoms with Gasteiger partial charge in [0.1, 0.15) is 40.7 Å². The Hall–Kier alpha value is -3.96. The number of nitrogen functional groups attached to an aromatic ring is 1. The predicted octanol–water partition coefficient (Wildman–Crippen LogP) is 3.22. The summed E-state index contributed by atoms with van der Waals surface area (Å²) in [5.41, 5.74) is 4.94. The molecule has 0 fully saturated rings. The third-order valence-electron chi connectivity index (χ3n) is 5.17. The summed E-state index contributed by atoms with van der Waals surface area (Å²) in [6.45, 7) is -3.55. The number of anilines is 1. The van der Waals surface area contributed by atoms with E-state index in [0.29, 0.717) is 33.6 Å². The minimum Gasteiger partial charge on any atom is -0.491 e. The highest BCUT2D eigenvalue weighted by atomic mass is 19.4. The highest BCUT2D eigenvalue weighted by Crippen LogP contribution is 2.42. The number of pyridine rings is 1. The Morgan fingerprint density at radius 1 is 1.31 bits per heavy atom. The van der Waals surface area contributed by atoms with Crippen molar-refractivity contribution in [2.75, 3.05) is 19.3 Å². The number of nitrogens with two attached hydrogens (primary N) is 1. The van der Waals surface area contributed by atoms with Crippen molar-refractivity contribution in [3.8, 4) is 5.75 Å². The molecule has 1 aliphatic heterocycles. The van der Waals surface area contributed by atoms with Crippen molar-refractivity contribution < 1.29 is 31.2 Å². The van der Waals surface area contributed by atoms with E-state index in [-0.39, 0.29) is 22.8 Å². The highest BCUT2D eigenvalue weighted by Gasteiger charge is 2.39. The molecule has 0 unspecified atom stereocenters. The number of benzene rings is 1. The summed E-state index contributed by atoms with van der Waals surface area (Å²) < 4.78 is 84.0. The molecule has 1 amide bonds. The van der Waals surface area contributed by atoms with Gasteiger partial charge in [-0.1, -0.05) is 0 Å². The van der Waals surface area contributed by atoms with Crippen LogP contribution in [0.1, 0.15) is 31.8 Å². The molecular formula is C20H14F4N6O2. The molecule has 32 heavy (non-hydrogen) atoms. The molecule has 5 rings (SSSR count). The Kier molecular flexibility index (Phi) is 3.53. The largest absolute Gasteiger partial charge is 0.491 e. The third kappa shape index (κ3) is 2.98. The maximum Gasteiger partial charge on any atom is 0.419 e. The van der Waals surface area contributed by atoms with Crippen molar-refractivity contribution in [3.63, 3.8) is 0 Å². The van der Waals surface area contributed by atoms with Gasteiger partial charge in [-0.15, -0.1) is 0 Å². The van der Waals surface area contributed by atoms with E-state index in [1.807, 2.05) is 0 Å². The number of aromatic nitrogens is 4. The summed E-state index contributed by atoms with van der Waals surface area (Å²) >= 11 is 0. The number of hydrogen-bond acceptors (Lipinski definition) is 6. The molecule has 0 saturated carbocycles. The van der Waals surface area contributed by atoms with Crippen LogP contribution in [-0.4, -0.2) is 43.7 Å². The Morgan fingerprint density at radius 3 is 2.88 bits per heavy atom. The van der Waals surface area contributed by atoms with Gasteiger partial charge in [-0.25, -0.2) is 19.3 Å². The lowest BCUT2D eigenvalue weighted by atomic mass is 10.0. The summed E-state index contributed by atoms with van der Waals surface area (Å²) in [6, 6.07) is 0.892. The zero-order chi connectivity index (χ0) is 25.3. The topological polar surface area (TPSA) is 98.6 Å². The zero-order valence-electron chi connectivity index (χ0n) is 18.9. The lowest BCUT2D eigenvalue weighted by molar-refractivity contribution is -0.140. The average Bonchev–Trinajstić information content (AvgIpc) is 3.40. The van der Waals surface area contributed by atoms with Crippen molar-refractivity contribution in [2.24, 2.45) is 0 Å². The number of hydrogen-bond donors (Lipinski definition) is 1. The number of alkyl halides is 3. The van der Waals surface area contributed by atoms with E-state index >= 15 is 0 Å². The number of ether oxygens (including phenoxy) is 1. The van der Waals surface area contributed by atoms with Gasteiger partial charge in [0.05, 0.1) is 35.8 Å². The van der Waals surface area contributed by atoms with Gasteiger partial charge < -0.3 is 15.4 Å². The number of fused-ring (bicyclic) bond motifs is 4. The smallest absolute Gasteiger partial charge is 0.419 e. The Balaban J connectivity index is 1.60. The van der Waals surface area contributed by atoms with E-state index < -0.39 is 43.1 Å². The Morgan fingerprint density at radius 2 is 2.12 bits per heavy atom. The van der Waals surface area contributed by atoms with E-state index in [9.17, 15) is 22.4 Å². The SMILES string of the molecule is [2H]C([2H])([2H])N(C(=O)c1cc2c(cn1)nc(N)c1cncn12)[C@@H]1COc2cc(C(F)(F)F)c(F)cc21. The molecule has 8 nitrogen and oxygen atoms in total. The standard InChI is InChI=1S/C20H14F4N6O2/c1-29(16-7-32-17-3-10(20(22,23)24)11(21)2-9(16)17)19(31)12-4-14-13(5-27-12)28-18(25)15-6-26-8-30(14)15/h2-6,8,16H,7H2,1H3,(H2,25,28)/t16-/m1/s1/i1D3. The van der Waals surface area contributed by atoms with Crippen molar-refractivity contribution >= 4 is 28.3 Å². The maximum absolute atomic E-state index is 14.3. The first kappa shape index (κ1) is 16.7. The van der Waals surface area contributed by atoms with Gasteiger partial charge in [0.2, 0.25) is 0 Å². The van der Waals surface area contributed by atoms with Crippen LogP contribution < -0.4 is 10.5 Å². The molecule has 1 atom stereocenters. The Labute approximate surface area is 181 Å².